The number of anilines is 1. The number of carbonyl (C=O) groups is 1. The van der Waals surface area contributed by atoms with E-state index in [-0.39, 0.29) is 11.5 Å². The number of imidazole rings is 1. The van der Waals surface area contributed by atoms with E-state index in [0.29, 0.717) is 16.8 Å². The number of pyridine rings is 1. The number of nitrogens with one attached hydrogen (secondary N) is 2. The molecule has 5 rings (SSSR count). The van der Waals surface area contributed by atoms with Crippen LogP contribution < -0.4 is 10.9 Å². The highest BCUT2D eigenvalue weighted by Crippen LogP contribution is 2.25. The average Bonchev–Trinajstić information content (AvgIpc) is 2.87. The van der Waals surface area contributed by atoms with Crippen molar-refractivity contribution in [2.45, 2.75) is 32.2 Å². The second-order valence-electron chi connectivity index (χ2n) is 7.24. The number of amides is 1. The molecule has 1 aliphatic rings. The Hall–Kier alpha value is -3.41. The first-order valence-electron chi connectivity index (χ1n) is 9.62. The van der Waals surface area contributed by atoms with E-state index in [1.165, 1.54) is 25.3 Å². The third-order valence-electron chi connectivity index (χ3n) is 5.36. The van der Waals surface area contributed by atoms with Crippen molar-refractivity contribution in [3.63, 3.8) is 0 Å². The smallest absolute Gasteiger partial charge is 0.256 e. The van der Waals surface area contributed by atoms with Crippen molar-refractivity contribution in [3.8, 4) is 0 Å². The normalized spacial score (nSPS) is 14.0. The first-order valence-corrected chi connectivity index (χ1v) is 9.62. The van der Waals surface area contributed by atoms with Gasteiger partial charge in [-0.1, -0.05) is 24.6 Å². The Bertz CT molecular complexity index is 1270. The topological polar surface area (TPSA) is 79.8 Å². The minimum absolute atomic E-state index is 0.294. The number of aromatic nitrogens is 3. The third kappa shape index (κ3) is 2.87. The lowest BCUT2D eigenvalue weighted by Crippen LogP contribution is -2.16. The summed E-state index contributed by atoms with van der Waals surface area (Å²) >= 11 is 0. The predicted octanol–water partition coefficient (Wildman–Crippen LogP) is 3.86. The highest BCUT2D eigenvalue weighted by molar-refractivity contribution is 6.12. The summed E-state index contributed by atoms with van der Waals surface area (Å²) in [6.07, 6.45) is 4.58. The van der Waals surface area contributed by atoms with Crippen molar-refractivity contribution < 1.29 is 4.79 Å². The molecule has 0 saturated carbocycles. The molecule has 140 valence electrons. The molecular weight excluding hydrogens is 352 g/mol. The van der Waals surface area contributed by atoms with Crippen LogP contribution in [0.5, 0.6) is 0 Å². The van der Waals surface area contributed by atoms with Crippen molar-refractivity contribution in [2.75, 3.05) is 5.32 Å². The van der Waals surface area contributed by atoms with E-state index >= 15 is 0 Å². The van der Waals surface area contributed by atoms with Gasteiger partial charge in [0.1, 0.15) is 5.82 Å². The van der Waals surface area contributed by atoms with Crippen LogP contribution in [0.2, 0.25) is 0 Å². The Labute approximate surface area is 161 Å². The molecule has 6 nitrogen and oxygen atoms in total. The number of hydrogen-bond donors (Lipinski definition) is 2. The van der Waals surface area contributed by atoms with Gasteiger partial charge in [-0.2, -0.15) is 0 Å². The number of fused-ring (bicyclic) bond motifs is 4. The fourth-order valence-electron chi connectivity index (χ4n) is 4.02. The molecule has 0 unspecified atom stereocenters. The largest absolute Gasteiger partial charge is 0.328 e. The molecule has 4 aromatic rings. The van der Waals surface area contributed by atoms with Crippen LogP contribution in [0, 0.1) is 0 Å². The summed E-state index contributed by atoms with van der Waals surface area (Å²) < 4.78 is 2.29. The van der Waals surface area contributed by atoms with Crippen LogP contribution in [0.3, 0.4) is 0 Å². The number of aromatic amines is 1. The van der Waals surface area contributed by atoms with Gasteiger partial charge in [0, 0.05) is 35.6 Å². The summed E-state index contributed by atoms with van der Waals surface area (Å²) in [5.41, 5.74) is 3.39. The van der Waals surface area contributed by atoms with Crippen LogP contribution in [0.25, 0.3) is 21.9 Å². The monoisotopic (exact) mass is 372 g/mol. The summed E-state index contributed by atoms with van der Waals surface area (Å²) in [5.74, 6) is 0.819. The van der Waals surface area contributed by atoms with Crippen LogP contribution in [0.1, 0.15) is 35.4 Å². The number of para-hydroxylation sites is 1. The third-order valence-corrected chi connectivity index (χ3v) is 5.36. The van der Waals surface area contributed by atoms with Gasteiger partial charge < -0.3 is 14.9 Å². The summed E-state index contributed by atoms with van der Waals surface area (Å²) in [7, 11) is 0. The molecule has 28 heavy (non-hydrogen) atoms. The van der Waals surface area contributed by atoms with E-state index < -0.39 is 0 Å². The van der Waals surface area contributed by atoms with Crippen LogP contribution >= 0.6 is 0 Å². The van der Waals surface area contributed by atoms with E-state index in [9.17, 15) is 9.59 Å². The molecule has 1 aliphatic heterocycles. The Morgan fingerprint density at radius 2 is 1.96 bits per heavy atom. The summed E-state index contributed by atoms with van der Waals surface area (Å²) in [5, 5.41) is 3.64. The van der Waals surface area contributed by atoms with Crippen LogP contribution in [0.15, 0.2) is 53.3 Å². The standard InChI is InChI=1S/C22H20N4O2/c27-21-13-16(15-6-3-4-7-17(15)25-21)22(28)23-14-9-10-19-18(12-14)24-20-8-2-1-5-11-26(19)20/h3-4,6-7,9-10,12-13H,1-2,5,8,11H2,(H,23,28)(H,25,27). The van der Waals surface area contributed by atoms with E-state index in [2.05, 4.69) is 14.9 Å². The molecule has 2 aromatic carbocycles. The molecule has 2 N–H and O–H groups in total. The molecule has 6 heteroatoms. The van der Waals surface area contributed by atoms with Crippen LogP contribution in [0.4, 0.5) is 5.69 Å². The van der Waals surface area contributed by atoms with Gasteiger partial charge in [-0.3, -0.25) is 9.59 Å². The van der Waals surface area contributed by atoms with Crippen molar-refractivity contribution >= 4 is 33.5 Å². The van der Waals surface area contributed by atoms with E-state index in [1.54, 1.807) is 6.07 Å². The number of benzene rings is 2. The van der Waals surface area contributed by atoms with Crippen molar-refractivity contribution in [2.24, 2.45) is 0 Å². The molecule has 0 fully saturated rings. The van der Waals surface area contributed by atoms with E-state index in [4.69, 9.17) is 4.98 Å². The van der Waals surface area contributed by atoms with E-state index in [1.807, 2.05) is 36.4 Å². The molecule has 0 saturated heterocycles. The Balaban J connectivity index is 1.50. The second kappa shape index (κ2) is 6.64. The molecular formula is C22H20N4O2. The fourth-order valence-corrected chi connectivity index (χ4v) is 4.02. The SMILES string of the molecule is O=C(Nc1ccc2c(c1)nc1n2CCCCC1)c1cc(=O)[nH]c2ccccc12. The zero-order valence-corrected chi connectivity index (χ0v) is 15.4. The van der Waals surface area contributed by atoms with Gasteiger partial charge in [-0.25, -0.2) is 4.98 Å². The number of aryl methyl sites for hydroxylation is 2. The lowest BCUT2D eigenvalue weighted by Gasteiger charge is -2.08. The number of rotatable bonds is 2. The zero-order valence-electron chi connectivity index (χ0n) is 15.4. The number of hydrogen-bond acceptors (Lipinski definition) is 3. The zero-order chi connectivity index (χ0) is 19.1. The maximum Gasteiger partial charge on any atom is 0.256 e. The molecule has 1 amide bonds. The van der Waals surface area contributed by atoms with Gasteiger partial charge in [0.2, 0.25) is 5.56 Å². The molecule has 0 bridgehead atoms. The molecule has 2 aromatic heterocycles. The lowest BCUT2D eigenvalue weighted by molar-refractivity contribution is 0.102. The summed E-state index contributed by atoms with van der Waals surface area (Å²) in [6.45, 7) is 0.996. The minimum atomic E-state index is -0.303. The average molecular weight is 372 g/mol. The maximum atomic E-state index is 12.9. The lowest BCUT2D eigenvalue weighted by atomic mass is 10.1. The van der Waals surface area contributed by atoms with Gasteiger partial charge in [0.15, 0.2) is 0 Å². The predicted molar refractivity (Wildman–Crippen MR) is 110 cm³/mol. The highest BCUT2D eigenvalue weighted by Gasteiger charge is 2.15. The number of carbonyl (C=O) groups excluding carboxylic acids is 1. The summed E-state index contributed by atoms with van der Waals surface area (Å²) in [6, 6.07) is 14.5. The van der Waals surface area contributed by atoms with Gasteiger partial charge >= 0.3 is 0 Å². The minimum Gasteiger partial charge on any atom is -0.328 e. The maximum absolute atomic E-state index is 12.9. The van der Waals surface area contributed by atoms with Gasteiger partial charge in [-0.15, -0.1) is 0 Å². The van der Waals surface area contributed by atoms with Gasteiger partial charge in [-0.05, 0) is 37.1 Å². The Kier molecular flexibility index (Phi) is 3.97. The number of nitrogens with zero attached hydrogens (tertiary/aromatic N) is 2. The van der Waals surface area contributed by atoms with Crippen molar-refractivity contribution in [1.82, 2.24) is 14.5 Å². The first kappa shape index (κ1) is 16.7. The van der Waals surface area contributed by atoms with Gasteiger partial charge in [0.25, 0.3) is 5.91 Å². The second-order valence-corrected chi connectivity index (χ2v) is 7.24. The van der Waals surface area contributed by atoms with Crippen LogP contribution in [-0.4, -0.2) is 20.4 Å². The molecule has 3 heterocycles. The molecule has 0 spiro atoms. The van der Waals surface area contributed by atoms with E-state index in [0.717, 1.165) is 35.2 Å². The van der Waals surface area contributed by atoms with Crippen LogP contribution in [-0.2, 0) is 13.0 Å². The molecule has 0 aliphatic carbocycles. The highest BCUT2D eigenvalue weighted by atomic mass is 16.2. The Morgan fingerprint density at radius 1 is 1.07 bits per heavy atom. The summed E-state index contributed by atoms with van der Waals surface area (Å²) in [4.78, 5) is 32.3. The fraction of sp³-hybridized carbons (Fsp3) is 0.227. The van der Waals surface area contributed by atoms with Gasteiger partial charge in [0.05, 0.1) is 16.6 Å². The Morgan fingerprint density at radius 3 is 2.89 bits per heavy atom. The molecule has 0 atom stereocenters. The van der Waals surface area contributed by atoms with Crippen molar-refractivity contribution in [3.05, 3.63) is 70.3 Å². The van der Waals surface area contributed by atoms with Crippen molar-refractivity contribution in [1.29, 1.82) is 0 Å². The first-order chi connectivity index (χ1) is 13.7. The molecule has 0 radical (unpaired) electrons. The quantitative estimate of drug-likeness (QED) is 0.561. The number of H-pyrrole nitrogens is 1.